The molecule has 0 unspecified atom stereocenters. The van der Waals surface area contributed by atoms with Gasteiger partial charge in [-0.2, -0.15) is 0 Å². The summed E-state index contributed by atoms with van der Waals surface area (Å²) >= 11 is 0. The topological polar surface area (TPSA) is 47.6 Å². The summed E-state index contributed by atoms with van der Waals surface area (Å²) in [6.07, 6.45) is 2.14. The summed E-state index contributed by atoms with van der Waals surface area (Å²) in [4.78, 5) is 12.9. The number of ether oxygens (including phenoxy) is 2. The van der Waals surface area contributed by atoms with Gasteiger partial charge in [-0.3, -0.25) is 4.79 Å². The fraction of sp³-hybridized carbons (Fsp3) is 0.261. The first kappa shape index (κ1) is 17.4. The standard InChI is InChI=1S/C23H23NO3/c1-3-21(27-18-8-5-7-17(14-18)26-2)23(25)24-20-13-12-16-11-10-15-6-4-9-19(20)22(15)16/h4-9,12-14,21H,3,10-11H2,1-2H3,(H,24,25)/t21-/m0/s1. The minimum atomic E-state index is -0.569. The lowest BCUT2D eigenvalue weighted by atomic mass is 10.0. The molecule has 0 heterocycles. The Hall–Kier alpha value is -3.01. The molecule has 0 fully saturated rings. The molecule has 1 amide bonds. The van der Waals surface area contributed by atoms with E-state index in [1.807, 2.05) is 31.2 Å². The molecule has 1 N–H and O–H groups in total. The third-order valence-electron chi connectivity index (χ3n) is 5.12. The minimum absolute atomic E-state index is 0.140. The Morgan fingerprint density at radius 3 is 2.56 bits per heavy atom. The largest absolute Gasteiger partial charge is 0.497 e. The van der Waals surface area contributed by atoms with Crippen LogP contribution in [0.1, 0.15) is 24.5 Å². The van der Waals surface area contributed by atoms with Gasteiger partial charge in [-0.05, 0) is 54.0 Å². The highest BCUT2D eigenvalue weighted by atomic mass is 16.5. The second kappa shape index (κ2) is 7.31. The summed E-state index contributed by atoms with van der Waals surface area (Å²) in [5.74, 6) is 1.19. The average molecular weight is 361 g/mol. The third kappa shape index (κ3) is 3.35. The number of carbonyl (C=O) groups excluding carboxylic acids is 1. The van der Waals surface area contributed by atoms with Gasteiger partial charge >= 0.3 is 0 Å². The maximum Gasteiger partial charge on any atom is 0.265 e. The van der Waals surface area contributed by atoms with Crippen molar-refractivity contribution in [1.29, 1.82) is 0 Å². The lowest BCUT2D eigenvalue weighted by molar-refractivity contribution is -0.122. The van der Waals surface area contributed by atoms with Gasteiger partial charge in [-0.15, -0.1) is 0 Å². The van der Waals surface area contributed by atoms with Gasteiger partial charge < -0.3 is 14.8 Å². The van der Waals surface area contributed by atoms with Crippen molar-refractivity contribution in [2.24, 2.45) is 0 Å². The monoisotopic (exact) mass is 361 g/mol. The fourth-order valence-electron chi connectivity index (χ4n) is 3.73. The molecule has 1 atom stereocenters. The smallest absolute Gasteiger partial charge is 0.265 e. The molecule has 0 radical (unpaired) electrons. The Balaban J connectivity index is 1.57. The van der Waals surface area contributed by atoms with Crippen LogP contribution in [0.15, 0.2) is 54.6 Å². The summed E-state index contributed by atoms with van der Waals surface area (Å²) in [5, 5.41) is 5.46. The second-order valence-electron chi connectivity index (χ2n) is 6.79. The molecule has 0 spiro atoms. The summed E-state index contributed by atoms with van der Waals surface area (Å²) in [7, 11) is 1.61. The van der Waals surface area contributed by atoms with Crippen LogP contribution in [0.5, 0.6) is 11.5 Å². The maximum atomic E-state index is 12.9. The van der Waals surface area contributed by atoms with Crippen molar-refractivity contribution in [3.63, 3.8) is 0 Å². The number of hydrogen-bond donors (Lipinski definition) is 1. The molecule has 0 saturated heterocycles. The number of benzene rings is 3. The zero-order valence-corrected chi connectivity index (χ0v) is 15.6. The lowest BCUT2D eigenvalue weighted by Gasteiger charge is -2.18. The Bertz CT molecular complexity index is 986. The lowest BCUT2D eigenvalue weighted by Crippen LogP contribution is -2.32. The molecule has 138 valence electrons. The van der Waals surface area contributed by atoms with E-state index in [0.717, 1.165) is 23.9 Å². The van der Waals surface area contributed by atoms with E-state index in [-0.39, 0.29) is 5.91 Å². The van der Waals surface area contributed by atoms with E-state index in [4.69, 9.17) is 9.47 Å². The summed E-state index contributed by atoms with van der Waals surface area (Å²) in [6.45, 7) is 1.94. The van der Waals surface area contributed by atoms with Crippen LogP contribution in [0.25, 0.3) is 10.8 Å². The molecule has 0 bridgehead atoms. The molecule has 0 aromatic heterocycles. The van der Waals surface area contributed by atoms with E-state index in [0.29, 0.717) is 17.9 Å². The van der Waals surface area contributed by atoms with Gasteiger partial charge in [-0.1, -0.05) is 37.3 Å². The fourth-order valence-corrected chi connectivity index (χ4v) is 3.73. The van der Waals surface area contributed by atoms with Gasteiger partial charge in [0.05, 0.1) is 7.11 Å². The van der Waals surface area contributed by atoms with E-state index in [1.54, 1.807) is 13.2 Å². The first-order valence-electron chi connectivity index (χ1n) is 9.34. The van der Waals surface area contributed by atoms with Crippen LogP contribution in [-0.2, 0) is 17.6 Å². The Labute approximate surface area is 159 Å². The molecular weight excluding hydrogens is 338 g/mol. The van der Waals surface area contributed by atoms with Gasteiger partial charge in [0.25, 0.3) is 5.91 Å². The van der Waals surface area contributed by atoms with Crippen molar-refractivity contribution in [2.45, 2.75) is 32.3 Å². The van der Waals surface area contributed by atoms with Crippen molar-refractivity contribution in [3.05, 3.63) is 65.7 Å². The number of rotatable bonds is 6. The van der Waals surface area contributed by atoms with E-state index in [1.165, 1.54) is 16.5 Å². The number of aryl methyl sites for hydroxylation is 2. The van der Waals surface area contributed by atoms with Crippen LogP contribution >= 0.6 is 0 Å². The molecule has 27 heavy (non-hydrogen) atoms. The Morgan fingerprint density at radius 1 is 1.04 bits per heavy atom. The van der Waals surface area contributed by atoms with Crippen molar-refractivity contribution in [2.75, 3.05) is 12.4 Å². The average Bonchev–Trinajstić information content (AvgIpc) is 3.13. The highest BCUT2D eigenvalue weighted by molar-refractivity contribution is 6.06. The molecule has 4 heteroatoms. The quantitative estimate of drug-likeness (QED) is 0.690. The predicted octanol–water partition coefficient (Wildman–Crippen LogP) is 4.74. The van der Waals surface area contributed by atoms with Gasteiger partial charge in [0.15, 0.2) is 6.10 Å². The molecule has 3 aromatic rings. The van der Waals surface area contributed by atoms with E-state index < -0.39 is 6.10 Å². The molecule has 0 saturated carbocycles. The van der Waals surface area contributed by atoms with Crippen LogP contribution in [0.4, 0.5) is 5.69 Å². The molecular formula is C23H23NO3. The first-order valence-corrected chi connectivity index (χ1v) is 9.34. The van der Waals surface area contributed by atoms with Gasteiger partial charge in [0, 0.05) is 17.1 Å². The molecule has 1 aliphatic rings. The highest BCUT2D eigenvalue weighted by Crippen LogP contribution is 2.35. The first-order chi connectivity index (χ1) is 13.2. The van der Waals surface area contributed by atoms with Gasteiger partial charge in [0.1, 0.15) is 11.5 Å². The molecule has 0 aliphatic heterocycles. The van der Waals surface area contributed by atoms with Crippen molar-refractivity contribution in [1.82, 2.24) is 0 Å². The predicted molar refractivity (Wildman–Crippen MR) is 108 cm³/mol. The normalized spacial score (nSPS) is 13.4. The number of carbonyl (C=O) groups is 1. The number of amides is 1. The van der Waals surface area contributed by atoms with Crippen LogP contribution in [0.3, 0.4) is 0 Å². The summed E-state index contributed by atoms with van der Waals surface area (Å²) < 4.78 is 11.1. The van der Waals surface area contributed by atoms with E-state index in [9.17, 15) is 4.79 Å². The third-order valence-corrected chi connectivity index (χ3v) is 5.12. The number of methoxy groups -OCH3 is 1. The zero-order valence-electron chi connectivity index (χ0n) is 15.6. The van der Waals surface area contributed by atoms with E-state index in [2.05, 4.69) is 29.6 Å². The second-order valence-corrected chi connectivity index (χ2v) is 6.79. The minimum Gasteiger partial charge on any atom is -0.497 e. The summed E-state index contributed by atoms with van der Waals surface area (Å²) in [6, 6.07) is 17.8. The van der Waals surface area contributed by atoms with Gasteiger partial charge in [-0.25, -0.2) is 0 Å². The Morgan fingerprint density at radius 2 is 1.78 bits per heavy atom. The number of anilines is 1. The molecule has 3 aromatic carbocycles. The SMILES string of the molecule is CC[C@H](Oc1cccc(OC)c1)C(=O)Nc1ccc2c3c(cccc13)CC2. The van der Waals surface area contributed by atoms with E-state index >= 15 is 0 Å². The van der Waals surface area contributed by atoms with Crippen LogP contribution in [0.2, 0.25) is 0 Å². The van der Waals surface area contributed by atoms with Crippen molar-refractivity contribution in [3.8, 4) is 11.5 Å². The Kier molecular flexibility index (Phi) is 4.71. The van der Waals surface area contributed by atoms with Crippen LogP contribution < -0.4 is 14.8 Å². The van der Waals surface area contributed by atoms with Crippen molar-refractivity contribution < 1.29 is 14.3 Å². The van der Waals surface area contributed by atoms with Crippen molar-refractivity contribution >= 4 is 22.4 Å². The summed E-state index contributed by atoms with van der Waals surface area (Å²) in [5.41, 5.74) is 3.56. The van der Waals surface area contributed by atoms with Gasteiger partial charge in [0.2, 0.25) is 0 Å². The number of nitrogens with one attached hydrogen (secondary N) is 1. The van der Waals surface area contributed by atoms with Crippen LogP contribution in [-0.4, -0.2) is 19.1 Å². The van der Waals surface area contributed by atoms with Crippen LogP contribution in [0, 0.1) is 0 Å². The zero-order chi connectivity index (χ0) is 18.8. The maximum absolute atomic E-state index is 12.9. The highest BCUT2D eigenvalue weighted by Gasteiger charge is 2.21. The molecule has 4 rings (SSSR count). The molecule has 1 aliphatic carbocycles. The number of hydrogen-bond acceptors (Lipinski definition) is 3. The molecule has 4 nitrogen and oxygen atoms in total.